The van der Waals surface area contributed by atoms with Crippen molar-refractivity contribution in [2.75, 3.05) is 19.6 Å². The van der Waals surface area contributed by atoms with Gasteiger partial charge >= 0.3 is 0 Å². The summed E-state index contributed by atoms with van der Waals surface area (Å²) in [5.41, 5.74) is 2.75. The highest BCUT2D eigenvalue weighted by atomic mass is 15.4. The first-order chi connectivity index (χ1) is 8.04. The maximum absolute atomic E-state index is 5.56. The molecule has 4 nitrogen and oxygen atoms in total. The molecule has 0 atom stereocenters. The summed E-state index contributed by atoms with van der Waals surface area (Å²) in [6.45, 7) is 12.0. The van der Waals surface area contributed by atoms with E-state index in [4.69, 9.17) is 5.84 Å². The van der Waals surface area contributed by atoms with Crippen molar-refractivity contribution in [3.05, 3.63) is 0 Å². The molecule has 0 radical (unpaired) electrons. The SMILES string of the molecule is CC(C)CN=C(NN)N1CCC(C(C)C)CC1. The second-order valence-corrected chi connectivity index (χ2v) is 5.77. The number of hydrogen-bond donors (Lipinski definition) is 2. The van der Waals surface area contributed by atoms with E-state index in [1.54, 1.807) is 0 Å². The molecule has 0 aromatic carbocycles. The predicted octanol–water partition coefficient (Wildman–Crippen LogP) is 1.83. The van der Waals surface area contributed by atoms with Gasteiger partial charge in [0.25, 0.3) is 0 Å². The zero-order valence-electron chi connectivity index (χ0n) is 11.7. The number of nitrogens with two attached hydrogens (primary N) is 1. The van der Waals surface area contributed by atoms with Crippen LogP contribution in [0.15, 0.2) is 4.99 Å². The van der Waals surface area contributed by atoms with Crippen LogP contribution in [0.25, 0.3) is 0 Å². The summed E-state index contributed by atoms with van der Waals surface area (Å²) in [6.07, 6.45) is 2.50. The number of nitrogens with one attached hydrogen (secondary N) is 1. The third-order valence-corrected chi connectivity index (χ3v) is 3.52. The molecule has 0 aromatic rings. The van der Waals surface area contributed by atoms with E-state index in [9.17, 15) is 0 Å². The second-order valence-electron chi connectivity index (χ2n) is 5.77. The molecule has 0 unspecified atom stereocenters. The quantitative estimate of drug-likeness (QED) is 0.342. The summed E-state index contributed by atoms with van der Waals surface area (Å²) in [4.78, 5) is 6.82. The van der Waals surface area contributed by atoms with Crippen LogP contribution >= 0.6 is 0 Å². The molecule has 1 saturated heterocycles. The lowest BCUT2D eigenvalue weighted by Crippen LogP contribution is -2.48. The number of guanidine groups is 1. The zero-order valence-corrected chi connectivity index (χ0v) is 11.7. The molecular formula is C13H28N4. The van der Waals surface area contributed by atoms with Crippen molar-refractivity contribution in [1.82, 2.24) is 10.3 Å². The van der Waals surface area contributed by atoms with Gasteiger partial charge in [0.15, 0.2) is 0 Å². The van der Waals surface area contributed by atoms with Crippen molar-refractivity contribution >= 4 is 5.96 Å². The topological polar surface area (TPSA) is 53.6 Å². The molecule has 100 valence electrons. The van der Waals surface area contributed by atoms with Gasteiger partial charge in [0, 0.05) is 19.6 Å². The maximum Gasteiger partial charge on any atom is 0.208 e. The van der Waals surface area contributed by atoms with Crippen LogP contribution in [-0.2, 0) is 0 Å². The molecule has 4 heteroatoms. The first-order valence-corrected chi connectivity index (χ1v) is 6.80. The van der Waals surface area contributed by atoms with Gasteiger partial charge in [-0.05, 0) is 30.6 Å². The summed E-state index contributed by atoms with van der Waals surface area (Å²) in [5, 5.41) is 0. The fourth-order valence-corrected chi connectivity index (χ4v) is 2.28. The summed E-state index contributed by atoms with van der Waals surface area (Å²) >= 11 is 0. The molecule has 0 saturated carbocycles. The van der Waals surface area contributed by atoms with Crippen LogP contribution in [0, 0.1) is 17.8 Å². The van der Waals surface area contributed by atoms with Crippen LogP contribution in [0.1, 0.15) is 40.5 Å². The zero-order chi connectivity index (χ0) is 12.8. The van der Waals surface area contributed by atoms with E-state index in [0.717, 1.165) is 37.4 Å². The predicted molar refractivity (Wildman–Crippen MR) is 73.6 cm³/mol. The summed E-state index contributed by atoms with van der Waals surface area (Å²) in [5.74, 6) is 8.65. The minimum absolute atomic E-state index is 0.576. The van der Waals surface area contributed by atoms with E-state index in [1.807, 2.05) is 0 Å². The molecule has 0 amide bonds. The Balaban J connectivity index is 2.47. The molecule has 1 rings (SSSR count). The average molecular weight is 240 g/mol. The molecule has 17 heavy (non-hydrogen) atoms. The monoisotopic (exact) mass is 240 g/mol. The Morgan fingerprint density at radius 3 is 2.29 bits per heavy atom. The van der Waals surface area contributed by atoms with Gasteiger partial charge in [-0.25, -0.2) is 5.84 Å². The number of likely N-dealkylation sites (tertiary alicyclic amines) is 1. The van der Waals surface area contributed by atoms with E-state index in [-0.39, 0.29) is 0 Å². The number of hydrazine groups is 1. The molecule has 1 aliphatic heterocycles. The molecule has 0 spiro atoms. The Morgan fingerprint density at radius 2 is 1.88 bits per heavy atom. The van der Waals surface area contributed by atoms with Crippen molar-refractivity contribution < 1.29 is 0 Å². The lowest BCUT2D eigenvalue weighted by atomic mass is 9.87. The van der Waals surface area contributed by atoms with Gasteiger partial charge in [0.1, 0.15) is 0 Å². The standard InChI is InChI=1S/C13H28N4/c1-10(2)9-15-13(16-14)17-7-5-12(6-8-17)11(3)4/h10-12H,5-9,14H2,1-4H3,(H,15,16). The smallest absolute Gasteiger partial charge is 0.208 e. The molecular weight excluding hydrogens is 212 g/mol. The van der Waals surface area contributed by atoms with E-state index < -0.39 is 0 Å². The van der Waals surface area contributed by atoms with Crippen molar-refractivity contribution in [3.63, 3.8) is 0 Å². The lowest BCUT2D eigenvalue weighted by Gasteiger charge is -2.35. The number of nitrogens with zero attached hydrogens (tertiary/aromatic N) is 2. The number of aliphatic imine (C=N–C) groups is 1. The van der Waals surface area contributed by atoms with Crippen LogP contribution < -0.4 is 11.3 Å². The molecule has 1 fully saturated rings. The van der Waals surface area contributed by atoms with Crippen molar-refractivity contribution in [2.24, 2.45) is 28.6 Å². The van der Waals surface area contributed by atoms with Gasteiger partial charge in [0.2, 0.25) is 5.96 Å². The van der Waals surface area contributed by atoms with E-state index >= 15 is 0 Å². The van der Waals surface area contributed by atoms with E-state index in [0.29, 0.717) is 5.92 Å². The Labute approximate surface area is 106 Å². The van der Waals surface area contributed by atoms with Gasteiger partial charge in [-0.3, -0.25) is 10.4 Å². The normalized spacial score (nSPS) is 19.2. The lowest BCUT2D eigenvalue weighted by molar-refractivity contribution is 0.215. The number of piperidine rings is 1. The molecule has 0 aromatic heterocycles. The Morgan fingerprint density at radius 1 is 1.29 bits per heavy atom. The van der Waals surface area contributed by atoms with Crippen molar-refractivity contribution in [3.8, 4) is 0 Å². The minimum atomic E-state index is 0.576. The van der Waals surface area contributed by atoms with Crippen LogP contribution in [0.4, 0.5) is 0 Å². The first kappa shape index (κ1) is 14.3. The van der Waals surface area contributed by atoms with Gasteiger partial charge in [-0.15, -0.1) is 0 Å². The fourth-order valence-electron chi connectivity index (χ4n) is 2.28. The number of hydrogen-bond acceptors (Lipinski definition) is 2. The van der Waals surface area contributed by atoms with Crippen LogP contribution in [0.5, 0.6) is 0 Å². The van der Waals surface area contributed by atoms with Crippen LogP contribution in [0.2, 0.25) is 0 Å². The highest BCUT2D eigenvalue weighted by Gasteiger charge is 2.23. The van der Waals surface area contributed by atoms with Crippen molar-refractivity contribution in [1.29, 1.82) is 0 Å². The minimum Gasteiger partial charge on any atom is -0.342 e. The van der Waals surface area contributed by atoms with Gasteiger partial charge in [-0.2, -0.15) is 0 Å². The summed E-state index contributed by atoms with van der Waals surface area (Å²) in [7, 11) is 0. The third-order valence-electron chi connectivity index (χ3n) is 3.52. The Bertz CT molecular complexity index is 240. The molecule has 0 bridgehead atoms. The highest BCUT2D eigenvalue weighted by Crippen LogP contribution is 2.24. The first-order valence-electron chi connectivity index (χ1n) is 6.80. The van der Waals surface area contributed by atoms with E-state index in [2.05, 4.69) is 43.0 Å². The van der Waals surface area contributed by atoms with Crippen molar-refractivity contribution in [2.45, 2.75) is 40.5 Å². The maximum atomic E-state index is 5.56. The van der Waals surface area contributed by atoms with Crippen LogP contribution in [0.3, 0.4) is 0 Å². The number of rotatable bonds is 3. The summed E-state index contributed by atoms with van der Waals surface area (Å²) in [6, 6.07) is 0. The second kappa shape index (κ2) is 6.84. The highest BCUT2D eigenvalue weighted by molar-refractivity contribution is 5.79. The average Bonchev–Trinajstić information content (AvgIpc) is 2.30. The fraction of sp³-hybridized carbons (Fsp3) is 0.923. The van der Waals surface area contributed by atoms with Gasteiger partial charge in [-0.1, -0.05) is 27.7 Å². The van der Waals surface area contributed by atoms with Crippen LogP contribution in [-0.4, -0.2) is 30.5 Å². The molecule has 0 aliphatic carbocycles. The molecule has 3 N–H and O–H groups in total. The molecule has 1 heterocycles. The van der Waals surface area contributed by atoms with Gasteiger partial charge in [0.05, 0.1) is 0 Å². The summed E-state index contributed by atoms with van der Waals surface area (Å²) < 4.78 is 0. The van der Waals surface area contributed by atoms with E-state index in [1.165, 1.54) is 12.8 Å². The largest absolute Gasteiger partial charge is 0.342 e. The molecule has 1 aliphatic rings. The Hall–Kier alpha value is -0.770. The van der Waals surface area contributed by atoms with Gasteiger partial charge < -0.3 is 4.90 Å². The third kappa shape index (κ3) is 4.54. The Kier molecular flexibility index (Phi) is 5.75.